The van der Waals surface area contributed by atoms with Crippen LogP contribution >= 0.6 is 0 Å². The first kappa shape index (κ1) is 13.7. The largest absolute Gasteiger partial charge is 0.298 e. The van der Waals surface area contributed by atoms with Crippen LogP contribution in [0.2, 0.25) is 0 Å². The van der Waals surface area contributed by atoms with Crippen molar-refractivity contribution in [3.63, 3.8) is 0 Å². The molecule has 1 aliphatic heterocycles. The topological polar surface area (TPSA) is 20.3 Å². The predicted octanol–water partition coefficient (Wildman–Crippen LogP) is 3.11. The minimum Gasteiger partial charge on any atom is -0.298 e. The van der Waals surface area contributed by atoms with E-state index >= 15 is 0 Å². The van der Waals surface area contributed by atoms with Gasteiger partial charge in [0.25, 0.3) is 0 Å². The van der Waals surface area contributed by atoms with Crippen LogP contribution in [0.3, 0.4) is 0 Å². The molecule has 1 aliphatic rings. The summed E-state index contributed by atoms with van der Waals surface area (Å²) in [5, 5.41) is 0. The Morgan fingerprint density at radius 1 is 1.31 bits per heavy atom. The van der Waals surface area contributed by atoms with Crippen LogP contribution in [0.1, 0.15) is 53.4 Å². The standard InChI is InChI=1S/C14H27NO/c1-5-12(4)13(16)10-15-9-8-14(6-2,7-3)11-15/h12H,5-11H2,1-4H3. The Balaban J connectivity index is 2.45. The Morgan fingerprint density at radius 2 is 1.94 bits per heavy atom. The maximum absolute atomic E-state index is 11.9. The van der Waals surface area contributed by atoms with Gasteiger partial charge in [0, 0.05) is 12.5 Å². The summed E-state index contributed by atoms with van der Waals surface area (Å²) in [5.74, 6) is 0.656. The Bertz CT molecular complexity index is 233. The molecule has 2 nitrogen and oxygen atoms in total. The zero-order valence-corrected chi connectivity index (χ0v) is 11.4. The van der Waals surface area contributed by atoms with Crippen molar-refractivity contribution < 1.29 is 4.79 Å². The van der Waals surface area contributed by atoms with E-state index < -0.39 is 0 Å². The summed E-state index contributed by atoms with van der Waals surface area (Å²) in [5.41, 5.74) is 0.496. The first-order valence-electron chi connectivity index (χ1n) is 6.82. The van der Waals surface area contributed by atoms with E-state index in [1.165, 1.54) is 19.3 Å². The highest BCUT2D eigenvalue weighted by Gasteiger charge is 2.35. The normalized spacial score (nSPS) is 22.2. The van der Waals surface area contributed by atoms with Crippen molar-refractivity contribution >= 4 is 5.78 Å². The second-order valence-electron chi connectivity index (χ2n) is 5.44. The van der Waals surface area contributed by atoms with Gasteiger partial charge in [0.05, 0.1) is 6.54 Å². The fraction of sp³-hybridized carbons (Fsp3) is 0.929. The number of rotatable bonds is 6. The maximum Gasteiger partial charge on any atom is 0.149 e. The monoisotopic (exact) mass is 225 g/mol. The highest BCUT2D eigenvalue weighted by molar-refractivity contribution is 5.82. The van der Waals surface area contributed by atoms with Crippen molar-refractivity contribution in [1.82, 2.24) is 4.90 Å². The van der Waals surface area contributed by atoms with Crippen molar-refractivity contribution in [3.05, 3.63) is 0 Å². The lowest BCUT2D eigenvalue weighted by atomic mass is 9.82. The van der Waals surface area contributed by atoms with Gasteiger partial charge < -0.3 is 0 Å². The van der Waals surface area contributed by atoms with Gasteiger partial charge in [-0.05, 0) is 37.6 Å². The quantitative estimate of drug-likeness (QED) is 0.692. The van der Waals surface area contributed by atoms with E-state index in [0.717, 1.165) is 19.5 Å². The molecule has 0 spiro atoms. The smallest absolute Gasteiger partial charge is 0.149 e. The van der Waals surface area contributed by atoms with E-state index in [4.69, 9.17) is 0 Å². The average Bonchev–Trinajstić information content (AvgIpc) is 2.72. The molecule has 1 rings (SSSR count). The van der Waals surface area contributed by atoms with Crippen LogP contribution in [0.25, 0.3) is 0 Å². The molecule has 0 N–H and O–H groups in total. The molecule has 0 radical (unpaired) electrons. The van der Waals surface area contributed by atoms with Crippen LogP contribution in [-0.4, -0.2) is 30.3 Å². The maximum atomic E-state index is 11.9. The predicted molar refractivity (Wildman–Crippen MR) is 68.5 cm³/mol. The van der Waals surface area contributed by atoms with Gasteiger partial charge in [0.1, 0.15) is 5.78 Å². The summed E-state index contributed by atoms with van der Waals surface area (Å²) in [6.45, 7) is 11.6. The molecule has 0 aromatic rings. The number of carbonyl (C=O) groups excluding carboxylic acids is 1. The Hall–Kier alpha value is -0.370. The Morgan fingerprint density at radius 3 is 2.38 bits per heavy atom. The van der Waals surface area contributed by atoms with E-state index in [-0.39, 0.29) is 5.92 Å². The van der Waals surface area contributed by atoms with Gasteiger partial charge in [0.15, 0.2) is 0 Å². The third kappa shape index (κ3) is 3.07. The molecule has 16 heavy (non-hydrogen) atoms. The number of nitrogens with zero attached hydrogens (tertiary/aromatic N) is 1. The highest BCUT2D eigenvalue weighted by Crippen LogP contribution is 2.36. The van der Waals surface area contributed by atoms with Crippen LogP contribution < -0.4 is 0 Å². The van der Waals surface area contributed by atoms with Gasteiger partial charge in [-0.1, -0.05) is 27.7 Å². The van der Waals surface area contributed by atoms with Crippen molar-refractivity contribution in [2.24, 2.45) is 11.3 Å². The molecular weight excluding hydrogens is 198 g/mol. The van der Waals surface area contributed by atoms with Gasteiger partial charge in [0.2, 0.25) is 0 Å². The van der Waals surface area contributed by atoms with Crippen LogP contribution in [-0.2, 0) is 4.79 Å². The highest BCUT2D eigenvalue weighted by atomic mass is 16.1. The Kier molecular flexibility index (Phi) is 4.97. The zero-order valence-electron chi connectivity index (χ0n) is 11.4. The second-order valence-corrected chi connectivity index (χ2v) is 5.44. The molecule has 0 amide bonds. The summed E-state index contributed by atoms with van der Waals surface area (Å²) in [6.07, 6.45) is 4.74. The van der Waals surface area contributed by atoms with Gasteiger partial charge in [-0.25, -0.2) is 0 Å². The summed E-state index contributed by atoms with van der Waals surface area (Å²) in [7, 11) is 0. The summed E-state index contributed by atoms with van der Waals surface area (Å²) >= 11 is 0. The van der Waals surface area contributed by atoms with E-state index in [1.54, 1.807) is 0 Å². The molecular formula is C14H27NO. The molecule has 1 atom stereocenters. The van der Waals surface area contributed by atoms with Gasteiger partial charge in [-0.15, -0.1) is 0 Å². The molecule has 1 saturated heterocycles. The molecule has 94 valence electrons. The number of likely N-dealkylation sites (tertiary alicyclic amines) is 1. The number of hydrogen-bond acceptors (Lipinski definition) is 2. The van der Waals surface area contributed by atoms with Crippen molar-refractivity contribution in [2.75, 3.05) is 19.6 Å². The number of carbonyl (C=O) groups is 1. The molecule has 1 fully saturated rings. The van der Waals surface area contributed by atoms with Gasteiger partial charge in [-0.2, -0.15) is 0 Å². The minimum absolute atomic E-state index is 0.234. The molecule has 0 aromatic carbocycles. The van der Waals surface area contributed by atoms with E-state index in [9.17, 15) is 4.79 Å². The van der Waals surface area contributed by atoms with E-state index in [1.807, 2.05) is 6.92 Å². The molecule has 0 saturated carbocycles. The summed E-state index contributed by atoms with van der Waals surface area (Å²) in [6, 6.07) is 0. The molecule has 1 unspecified atom stereocenters. The zero-order chi connectivity index (χ0) is 12.2. The molecule has 0 aromatic heterocycles. The Labute approximate surface area is 100 Å². The lowest BCUT2D eigenvalue weighted by molar-refractivity contribution is -0.123. The third-order valence-electron chi connectivity index (χ3n) is 4.56. The van der Waals surface area contributed by atoms with Crippen LogP contribution in [0.5, 0.6) is 0 Å². The lowest BCUT2D eigenvalue weighted by Crippen LogP contribution is -2.33. The van der Waals surface area contributed by atoms with Gasteiger partial charge >= 0.3 is 0 Å². The molecule has 1 heterocycles. The van der Waals surface area contributed by atoms with Crippen LogP contribution in [0.4, 0.5) is 0 Å². The van der Waals surface area contributed by atoms with Gasteiger partial charge in [-0.3, -0.25) is 9.69 Å². The fourth-order valence-corrected chi connectivity index (χ4v) is 2.59. The molecule has 0 aliphatic carbocycles. The number of Topliss-reactive ketones (excluding diaryl/α,β-unsaturated/α-hetero) is 1. The van der Waals surface area contributed by atoms with Crippen molar-refractivity contribution in [1.29, 1.82) is 0 Å². The van der Waals surface area contributed by atoms with E-state index in [2.05, 4.69) is 25.7 Å². The van der Waals surface area contributed by atoms with Crippen LogP contribution in [0.15, 0.2) is 0 Å². The third-order valence-corrected chi connectivity index (χ3v) is 4.56. The van der Waals surface area contributed by atoms with Crippen molar-refractivity contribution in [3.8, 4) is 0 Å². The minimum atomic E-state index is 0.234. The fourth-order valence-electron chi connectivity index (χ4n) is 2.59. The summed E-state index contributed by atoms with van der Waals surface area (Å²) < 4.78 is 0. The van der Waals surface area contributed by atoms with Crippen LogP contribution in [0, 0.1) is 11.3 Å². The van der Waals surface area contributed by atoms with Crippen molar-refractivity contribution in [2.45, 2.75) is 53.4 Å². The second kappa shape index (κ2) is 5.81. The number of hydrogen-bond donors (Lipinski definition) is 0. The van der Waals surface area contributed by atoms with E-state index in [0.29, 0.717) is 17.7 Å². The SMILES string of the molecule is CCC(C)C(=O)CN1CCC(CC)(CC)C1. The number of ketones is 1. The molecule has 2 heteroatoms. The average molecular weight is 225 g/mol. The molecule has 0 bridgehead atoms. The lowest BCUT2D eigenvalue weighted by Gasteiger charge is -2.26. The first-order chi connectivity index (χ1) is 7.56. The summed E-state index contributed by atoms with van der Waals surface area (Å²) in [4.78, 5) is 14.2. The first-order valence-corrected chi connectivity index (χ1v) is 6.82.